The van der Waals surface area contributed by atoms with Crippen molar-refractivity contribution in [3.63, 3.8) is 0 Å². The second-order valence-corrected chi connectivity index (χ2v) is 4.99. The van der Waals surface area contributed by atoms with Gasteiger partial charge in [0.05, 0.1) is 0 Å². The lowest BCUT2D eigenvalue weighted by atomic mass is 10.1. The van der Waals surface area contributed by atoms with Crippen LogP contribution in [0.25, 0.3) is 0 Å². The second kappa shape index (κ2) is 3.25. The van der Waals surface area contributed by atoms with Crippen LogP contribution in [0, 0.1) is 5.92 Å². The topological polar surface area (TPSA) is 0 Å². The van der Waals surface area contributed by atoms with E-state index in [1.54, 1.807) is 0 Å². The van der Waals surface area contributed by atoms with Crippen molar-refractivity contribution >= 4 is 10.2 Å². The number of rotatable bonds is 2. The van der Waals surface area contributed by atoms with Crippen LogP contribution in [0.1, 0.15) is 27.2 Å². The molecule has 0 aromatic carbocycles. The lowest BCUT2D eigenvalue weighted by Crippen LogP contribution is -1.92. The molecule has 0 nitrogen and oxygen atoms in total. The molecule has 0 saturated heterocycles. The monoisotopic (exact) mass is 116 g/mol. The molecule has 0 aromatic rings. The van der Waals surface area contributed by atoms with Crippen LogP contribution >= 0.6 is 0 Å². The zero-order chi connectivity index (χ0) is 5.86. The molecule has 0 unspecified atom stereocenters. The van der Waals surface area contributed by atoms with Crippen LogP contribution in [-0.4, -0.2) is 10.2 Å². The van der Waals surface area contributed by atoms with Crippen molar-refractivity contribution in [2.45, 2.75) is 32.7 Å². The third-order valence-corrected chi connectivity index (χ3v) is 1.41. The van der Waals surface area contributed by atoms with E-state index in [0.29, 0.717) is 0 Å². The summed E-state index contributed by atoms with van der Waals surface area (Å²) in [4.78, 5) is 0. The Bertz CT molecular complexity index is 33.4. The minimum atomic E-state index is 0.910. The van der Waals surface area contributed by atoms with Crippen LogP contribution in [0.15, 0.2) is 0 Å². The summed E-state index contributed by atoms with van der Waals surface area (Å²) < 4.78 is 0. The molecule has 0 amide bonds. The quantitative estimate of drug-likeness (QED) is 0.476. The standard InChI is InChI=1S/C6H16Si/c1-5(2)4-6(3)7/h5-6H,4H2,1-3,7H3/t6-/m1/s1. The SMILES string of the molecule is CC(C)C[C@@H](C)[SiH3]. The molecule has 0 bridgehead atoms. The van der Waals surface area contributed by atoms with Crippen molar-refractivity contribution in [3.8, 4) is 0 Å². The maximum Gasteiger partial charge on any atom is 0.00639 e. The Balaban J connectivity index is 2.95. The van der Waals surface area contributed by atoms with E-state index in [4.69, 9.17) is 0 Å². The van der Waals surface area contributed by atoms with Crippen LogP contribution in [0.4, 0.5) is 0 Å². The minimum absolute atomic E-state index is 0.910. The number of hydrogen-bond donors (Lipinski definition) is 0. The molecule has 0 heterocycles. The van der Waals surface area contributed by atoms with Gasteiger partial charge in [-0.25, -0.2) is 0 Å². The molecule has 0 fully saturated rings. The van der Waals surface area contributed by atoms with Crippen LogP contribution in [-0.2, 0) is 0 Å². The molecular weight excluding hydrogens is 100 g/mol. The van der Waals surface area contributed by atoms with Gasteiger partial charge in [0.2, 0.25) is 0 Å². The van der Waals surface area contributed by atoms with Crippen LogP contribution < -0.4 is 0 Å². The van der Waals surface area contributed by atoms with E-state index in [-0.39, 0.29) is 0 Å². The summed E-state index contributed by atoms with van der Waals surface area (Å²) in [5.74, 6) is 0.910. The molecule has 0 saturated carbocycles. The van der Waals surface area contributed by atoms with E-state index in [2.05, 4.69) is 20.8 Å². The van der Waals surface area contributed by atoms with Gasteiger partial charge in [0, 0.05) is 10.2 Å². The molecule has 0 N–H and O–H groups in total. The Hall–Kier alpha value is 0.217. The summed E-state index contributed by atoms with van der Waals surface area (Å²) in [5, 5.41) is 0. The van der Waals surface area contributed by atoms with E-state index in [9.17, 15) is 0 Å². The van der Waals surface area contributed by atoms with E-state index in [1.807, 2.05) is 0 Å². The molecule has 1 atom stereocenters. The molecule has 44 valence electrons. The Morgan fingerprint density at radius 3 is 1.71 bits per heavy atom. The highest BCUT2D eigenvalue weighted by Crippen LogP contribution is 2.10. The molecule has 0 aromatic heterocycles. The Morgan fingerprint density at radius 2 is 1.71 bits per heavy atom. The van der Waals surface area contributed by atoms with Gasteiger partial charge in [0.25, 0.3) is 0 Å². The molecule has 0 radical (unpaired) electrons. The minimum Gasteiger partial charge on any atom is -0.0657 e. The number of hydrogen-bond acceptors (Lipinski definition) is 0. The van der Waals surface area contributed by atoms with Crippen molar-refractivity contribution < 1.29 is 0 Å². The summed E-state index contributed by atoms with van der Waals surface area (Å²) >= 11 is 0. The fraction of sp³-hybridized carbons (Fsp3) is 1.00. The summed E-state index contributed by atoms with van der Waals surface area (Å²) in [6.07, 6.45) is 1.42. The molecule has 0 aliphatic heterocycles. The van der Waals surface area contributed by atoms with Crippen molar-refractivity contribution in [1.29, 1.82) is 0 Å². The average Bonchev–Trinajstić information content (AvgIpc) is 1.27. The van der Waals surface area contributed by atoms with Gasteiger partial charge in [-0.05, 0) is 5.92 Å². The fourth-order valence-corrected chi connectivity index (χ4v) is 1.89. The highest BCUT2D eigenvalue weighted by Gasteiger charge is 1.95. The highest BCUT2D eigenvalue weighted by atomic mass is 28.1. The Morgan fingerprint density at radius 1 is 1.29 bits per heavy atom. The summed E-state index contributed by atoms with van der Waals surface area (Å²) in [6, 6.07) is 0. The van der Waals surface area contributed by atoms with Gasteiger partial charge in [-0.15, -0.1) is 0 Å². The lowest BCUT2D eigenvalue weighted by molar-refractivity contribution is 0.576. The average molecular weight is 116 g/mol. The largest absolute Gasteiger partial charge is 0.0657 e. The van der Waals surface area contributed by atoms with Crippen molar-refractivity contribution in [1.82, 2.24) is 0 Å². The molecule has 0 aliphatic carbocycles. The first-order chi connectivity index (χ1) is 3.13. The first-order valence-corrected chi connectivity index (χ1v) is 4.28. The van der Waals surface area contributed by atoms with Crippen molar-refractivity contribution in [3.05, 3.63) is 0 Å². The fourth-order valence-electron chi connectivity index (χ4n) is 0.943. The molecule has 7 heavy (non-hydrogen) atoms. The van der Waals surface area contributed by atoms with Crippen molar-refractivity contribution in [2.75, 3.05) is 0 Å². The first-order valence-electron chi connectivity index (χ1n) is 3.13. The molecular formula is C6H16Si. The van der Waals surface area contributed by atoms with Crippen molar-refractivity contribution in [2.24, 2.45) is 5.92 Å². The molecule has 0 rings (SSSR count). The lowest BCUT2D eigenvalue weighted by Gasteiger charge is -2.05. The Kier molecular flexibility index (Phi) is 3.35. The smallest absolute Gasteiger partial charge is 0.00639 e. The van der Waals surface area contributed by atoms with Gasteiger partial charge in [-0.1, -0.05) is 32.7 Å². The van der Waals surface area contributed by atoms with E-state index in [0.717, 1.165) is 11.5 Å². The predicted molar refractivity (Wildman–Crippen MR) is 38.8 cm³/mol. The van der Waals surface area contributed by atoms with Gasteiger partial charge in [0.1, 0.15) is 0 Å². The van der Waals surface area contributed by atoms with E-state index in [1.165, 1.54) is 16.7 Å². The van der Waals surface area contributed by atoms with Gasteiger partial charge < -0.3 is 0 Å². The molecule has 1 heteroatoms. The van der Waals surface area contributed by atoms with Gasteiger partial charge >= 0.3 is 0 Å². The summed E-state index contributed by atoms with van der Waals surface area (Å²) in [6.45, 7) is 6.90. The third-order valence-electron chi connectivity index (χ3n) is 0.943. The zero-order valence-electron chi connectivity index (χ0n) is 5.86. The van der Waals surface area contributed by atoms with Gasteiger partial charge in [-0.3, -0.25) is 0 Å². The van der Waals surface area contributed by atoms with Gasteiger partial charge in [0.15, 0.2) is 0 Å². The maximum atomic E-state index is 2.33. The highest BCUT2D eigenvalue weighted by molar-refractivity contribution is 6.11. The van der Waals surface area contributed by atoms with Gasteiger partial charge in [-0.2, -0.15) is 0 Å². The summed E-state index contributed by atoms with van der Waals surface area (Å²) in [7, 11) is 1.37. The Labute approximate surface area is 49.7 Å². The second-order valence-electron chi connectivity index (χ2n) is 3.02. The first kappa shape index (κ1) is 7.22. The molecule has 0 aliphatic rings. The maximum absolute atomic E-state index is 2.33. The van der Waals surface area contributed by atoms with Crippen LogP contribution in [0.5, 0.6) is 0 Å². The van der Waals surface area contributed by atoms with E-state index < -0.39 is 0 Å². The normalized spacial score (nSPS) is 15.4. The van der Waals surface area contributed by atoms with Crippen LogP contribution in [0.3, 0.4) is 0 Å². The predicted octanol–water partition coefficient (Wildman–Crippen LogP) is 1.21. The van der Waals surface area contributed by atoms with Crippen LogP contribution in [0.2, 0.25) is 5.54 Å². The third kappa shape index (κ3) is 6.22. The van der Waals surface area contributed by atoms with E-state index >= 15 is 0 Å². The zero-order valence-corrected chi connectivity index (χ0v) is 7.86. The summed E-state index contributed by atoms with van der Waals surface area (Å²) in [5.41, 5.74) is 1.01. The molecule has 0 spiro atoms.